The van der Waals surface area contributed by atoms with Gasteiger partial charge in [-0.3, -0.25) is 4.57 Å². The van der Waals surface area contributed by atoms with Crippen LogP contribution >= 0.6 is 0 Å². The van der Waals surface area contributed by atoms with E-state index in [9.17, 15) is 9.50 Å². The molecule has 108 valence electrons. The summed E-state index contributed by atoms with van der Waals surface area (Å²) in [5, 5.41) is 18.7. The molecule has 0 amide bonds. The maximum atomic E-state index is 14.1. The first-order chi connectivity index (χ1) is 9.52. The summed E-state index contributed by atoms with van der Waals surface area (Å²) in [6, 6.07) is 0. The lowest BCUT2D eigenvalue weighted by atomic mass is 10.1. The highest BCUT2D eigenvalue weighted by Gasteiger charge is 2.45. The summed E-state index contributed by atoms with van der Waals surface area (Å²) in [6.07, 6.45) is -4.07. The summed E-state index contributed by atoms with van der Waals surface area (Å²) in [6.45, 7) is -0.496. The Morgan fingerprint density at radius 2 is 2.15 bits per heavy atom. The van der Waals surface area contributed by atoms with Crippen LogP contribution in [-0.2, 0) is 4.74 Å². The Kier molecular flexibility index (Phi) is 2.92. The molecule has 0 radical (unpaired) electrons. The van der Waals surface area contributed by atoms with E-state index in [2.05, 4.69) is 15.0 Å². The molecule has 1 aliphatic rings. The number of hydrogen-bond acceptors (Lipinski definition) is 8. The fourth-order valence-electron chi connectivity index (χ4n) is 2.22. The molecular formula is C10H13FN6O3. The predicted octanol–water partition coefficient (Wildman–Crippen LogP) is -1.42. The van der Waals surface area contributed by atoms with Crippen LogP contribution in [0.1, 0.15) is 6.23 Å². The highest BCUT2D eigenvalue weighted by molar-refractivity contribution is 5.82. The van der Waals surface area contributed by atoms with Gasteiger partial charge < -0.3 is 26.4 Å². The fraction of sp³-hybridized carbons (Fsp3) is 0.500. The minimum atomic E-state index is -1.73. The van der Waals surface area contributed by atoms with Crippen molar-refractivity contribution in [2.75, 3.05) is 18.1 Å². The van der Waals surface area contributed by atoms with Gasteiger partial charge in [0, 0.05) is 0 Å². The number of anilines is 2. The van der Waals surface area contributed by atoms with Crippen LogP contribution in [-0.4, -0.2) is 54.7 Å². The molecule has 1 saturated heterocycles. The van der Waals surface area contributed by atoms with Crippen molar-refractivity contribution >= 4 is 22.9 Å². The second-order valence-electron chi connectivity index (χ2n) is 4.47. The number of nitrogen functional groups attached to an aromatic ring is 2. The van der Waals surface area contributed by atoms with Crippen LogP contribution in [0, 0.1) is 0 Å². The SMILES string of the molecule is Nc1nc(N)c2ncn([C@H]3O[C@@H](CO)[C@H](O)[C@H]3F)c2n1. The maximum Gasteiger partial charge on any atom is 0.224 e. The molecule has 0 bridgehead atoms. The van der Waals surface area contributed by atoms with Gasteiger partial charge >= 0.3 is 0 Å². The third-order valence-electron chi connectivity index (χ3n) is 3.21. The second-order valence-corrected chi connectivity index (χ2v) is 4.47. The topological polar surface area (TPSA) is 145 Å². The van der Waals surface area contributed by atoms with Crippen LogP contribution in [0.5, 0.6) is 0 Å². The highest BCUT2D eigenvalue weighted by atomic mass is 19.1. The van der Waals surface area contributed by atoms with E-state index in [0.29, 0.717) is 0 Å². The van der Waals surface area contributed by atoms with Crippen LogP contribution in [0.3, 0.4) is 0 Å². The molecule has 2 aromatic rings. The number of aromatic nitrogens is 4. The largest absolute Gasteiger partial charge is 0.394 e. The Bertz CT molecular complexity index is 649. The molecule has 3 rings (SSSR count). The van der Waals surface area contributed by atoms with Crippen molar-refractivity contribution < 1.29 is 19.3 Å². The molecule has 20 heavy (non-hydrogen) atoms. The molecule has 0 aliphatic carbocycles. The number of nitrogens with zero attached hydrogens (tertiary/aromatic N) is 4. The van der Waals surface area contributed by atoms with Gasteiger partial charge in [0.2, 0.25) is 5.95 Å². The minimum Gasteiger partial charge on any atom is -0.394 e. The lowest BCUT2D eigenvalue weighted by molar-refractivity contribution is -0.0459. The Hall–Kier alpha value is -2.04. The molecular weight excluding hydrogens is 271 g/mol. The minimum absolute atomic E-state index is 0.0684. The number of rotatable bonds is 2. The van der Waals surface area contributed by atoms with E-state index < -0.39 is 31.2 Å². The molecule has 6 N–H and O–H groups in total. The van der Waals surface area contributed by atoms with Gasteiger partial charge in [-0.25, -0.2) is 9.37 Å². The molecule has 10 heteroatoms. The normalized spacial score (nSPS) is 30.1. The number of aliphatic hydroxyl groups is 2. The van der Waals surface area contributed by atoms with Gasteiger partial charge in [0.15, 0.2) is 23.9 Å². The maximum absolute atomic E-state index is 14.1. The third-order valence-corrected chi connectivity index (χ3v) is 3.21. The van der Waals surface area contributed by atoms with Crippen LogP contribution in [0.4, 0.5) is 16.2 Å². The average Bonchev–Trinajstić information content (AvgIpc) is 2.93. The van der Waals surface area contributed by atoms with Gasteiger partial charge in [0.1, 0.15) is 17.7 Å². The van der Waals surface area contributed by atoms with E-state index in [1.165, 1.54) is 10.9 Å². The summed E-state index contributed by atoms with van der Waals surface area (Å²) < 4.78 is 20.6. The number of alkyl halides is 1. The van der Waals surface area contributed by atoms with Crippen molar-refractivity contribution in [1.29, 1.82) is 0 Å². The zero-order valence-corrected chi connectivity index (χ0v) is 10.2. The Morgan fingerprint density at radius 1 is 1.40 bits per heavy atom. The molecule has 9 nitrogen and oxygen atoms in total. The van der Waals surface area contributed by atoms with E-state index in [0.717, 1.165) is 0 Å². The third kappa shape index (κ3) is 1.77. The molecule has 1 aliphatic heterocycles. The summed E-state index contributed by atoms with van der Waals surface area (Å²) in [4.78, 5) is 11.7. The van der Waals surface area contributed by atoms with Crippen LogP contribution in [0.15, 0.2) is 6.33 Å². The van der Waals surface area contributed by atoms with Gasteiger partial charge in [-0.05, 0) is 0 Å². The van der Waals surface area contributed by atoms with Crippen LogP contribution in [0.2, 0.25) is 0 Å². The zero-order valence-electron chi connectivity index (χ0n) is 10.2. The molecule has 4 atom stereocenters. The van der Waals surface area contributed by atoms with Gasteiger partial charge in [-0.1, -0.05) is 0 Å². The van der Waals surface area contributed by atoms with E-state index in [4.69, 9.17) is 21.3 Å². The number of aliphatic hydroxyl groups excluding tert-OH is 2. The van der Waals surface area contributed by atoms with Crippen molar-refractivity contribution in [2.45, 2.75) is 24.6 Å². The molecule has 0 saturated carbocycles. The van der Waals surface area contributed by atoms with Crippen molar-refractivity contribution in [3.05, 3.63) is 6.33 Å². The number of fused-ring (bicyclic) bond motifs is 1. The number of hydrogen-bond donors (Lipinski definition) is 4. The van der Waals surface area contributed by atoms with Crippen molar-refractivity contribution in [1.82, 2.24) is 19.5 Å². The molecule has 1 fully saturated rings. The van der Waals surface area contributed by atoms with E-state index >= 15 is 0 Å². The molecule has 0 aromatic carbocycles. The monoisotopic (exact) mass is 284 g/mol. The standard InChI is InChI=1S/C10H13FN6O3/c11-4-6(19)3(1-18)20-9(4)17-2-14-5-7(12)15-10(13)16-8(5)17/h2-4,6,9,18-19H,1H2,(H4,12,13,15,16)/t3-,4+,6-,9-/m0/s1. The quantitative estimate of drug-likeness (QED) is 0.525. The van der Waals surface area contributed by atoms with Crippen molar-refractivity contribution in [2.24, 2.45) is 0 Å². The first kappa shape index (κ1) is 13.0. The Morgan fingerprint density at radius 3 is 2.80 bits per heavy atom. The van der Waals surface area contributed by atoms with Gasteiger partial charge in [0.05, 0.1) is 12.9 Å². The molecule has 0 unspecified atom stereocenters. The number of nitrogens with two attached hydrogens (primary N) is 2. The lowest BCUT2D eigenvalue weighted by Crippen LogP contribution is -2.30. The molecule has 3 heterocycles. The summed E-state index contributed by atoms with van der Waals surface area (Å²) in [7, 11) is 0. The Balaban J connectivity index is 2.07. The Labute approximate surface area is 112 Å². The van der Waals surface area contributed by atoms with Crippen LogP contribution in [0.25, 0.3) is 11.2 Å². The molecule has 0 spiro atoms. The average molecular weight is 284 g/mol. The zero-order chi connectivity index (χ0) is 14.4. The fourth-order valence-corrected chi connectivity index (χ4v) is 2.22. The number of imidazole rings is 1. The highest BCUT2D eigenvalue weighted by Crippen LogP contribution is 2.33. The first-order valence-electron chi connectivity index (χ1n) is 5.87. The lowest BCUT2D eigenvalue weighted by Gasteiger charge is -2.15. The van der Waals surface area contributed by atoms with Crippen molar-refractivity contribution in [3.8, 4) is 0 Å². The van der Waals surface area contributed by atoms with Crippen molar-refractivity contribution in [3.63, 3.8) is 0 Å². The summed E-state index contributed by atoms with van der Waals surface area (Å²) in [5.41, 5.74) is 11.6. The number of halogens is 1. The number of ether oxygens (including phenoxy) is 1. The predicted molar refractivity (Wildman–Crippen MR) is 66.0 cm³/mol. The van der Waals surface area contributed by atoms with Gasteiger partial charge in [0.25, 0.3) is 0 Å². The van der Waals surface area contributed by atoms with Crippen LogP contribution < -0.4 is 11.5 Å². The summed E-state index contributed by atoms with van der Waals surface area (Å²) >= 11 is 0. The van der Waals surface area contributed by atoms with E-state index in [-0.39, 0.29) is 22.9 Å². The van der Waals surface area contributed by atoms with Gasteiger partial charge in [-0.15, -0.1) is 0 Å². The molecule has 2 aromatic heterocycles. The van der Waals surface area contributed by atoms with Gasteiger partial charge in [-0.2, -0.15) is 9.97 Å². The van der Waals surface area contributed by atoms with E-state index in [1.54, 1.807) is 0 Å². The first-order valence-corrected chi connectivity index (χ1v) is 5.87. The van der Waals surface area contributed by atoms with E-state index in [1.807, 2.05) is 0 Å². The smallest absolute Gasteiger partial charge is 0.224 e. The summed E-state index contributed by atoms with van der Waals surface area (Å²) in [5.74, 6) is -0.0108. The second kappa shape index (κ2) is 4.51.